The Hall–Kier alpha value is -0.740. The van der Waals surface area contributed by atoms with Crippen LogP contribution in [0.15, 0.2) is 16.6 Å². The van der Waals surface area contributed by atoms with E-state index in [2.05, 4.69) is 22.0 Å². The first-order valence-electron chi connectivity index (χ1n) is 6.01. The van der Waals surface area contributed by atoms with Gasteiger partial charge in [-0.15, -0.1) is 0 Å². The minimum absolute atomic E-state index is 0.645. The monoisotopic (exact) mass is 301 g/mol. The van der Waals surface area contributed by atoms with Crippen molar-refractivity contribution in [2.45, 2.75) is 26.7 Å². The van der Waals surface area contributed by atoms with Crippen molar-refractivity contribution in [3.8, 4) is 11.5 Å². The SMILES string of the molecule is CCOc1cc(OCC)c(CCCN)cc1Br. The third kappa shape index (κ3) is 4.21. The van der Waals surface area contributed by atoms with E-state index in [4.69, 9.17) is 15.2 Å². The minimum atomic E-state index is 0.645. The highest BCUT2D eigenvalue weighted by atomic mass is 79.9. The van der Waals surface area contributed by atoms with Gasteiger partial charge in [0.1, 0.15) is 11.5 Å². The molecule has 0 amide bonds. The summed E-state index contributed by atoms with van der Waals surface area (Å²) in [5, 5.41) is 0. The first kappa shape index (κ1) is 14.3. The number of aryl methyl sites for hydroxylation is 1. The lowest BCUT2D eigenvalue weighted by Crippen LogP contribution is -2.03. The van der Waals surface area contributed by atoms with Gasteiger partial charge >= 0.3 is 0 Å². The third-order valence-corrected chi connectivity index (χ3v) is 2.98. The molecule has 0 unspecified atom stereocenters. The fourth-order valence-electron chi connectivity index (χ4n) is 1.62. The summed E-state index contributed by atoms with van der Waals surface area (Å²) in [6.07, 6.45) is 1.89. The molecule has 96 valence electrons. The molecule has 0 aliphatic heterocycles. The van der Waals surface area contributed by atoms with Crippen molar-refractivity contribution in [1.82, 2.24) is 0 Å². The van der Waals surface area contributed by atoms with Crippen LogP contribution in [0.1, 0.15) is 25.8 Å². The van der Waals surface area contributed by atoms with Crippen LogP contribution in [0.2, 0.25) is 0 Å². The Morgan fingerprint density at radius 3 is 2.35 bits per heavy atom. The number of halogens is 1. The minimum Gasteiger partial charge on any atom is -0.493 e. The number of benzene rings is 1. The van der Waals surface area contributed by atoms with Gasteiger partial charge in [0.05, 0.1) is 17.7 Å². The Balaban J connectivity index is 2.97. The predicted octanol–water partition coefficient (Wildman–Crippen LogP) is 3.14. The van der Waals surface area contributed by atoms with E-state index in [9.17, 15) is 0 Å². The van der Waals surface area contributed by atoms with Crippen LogP contribution in [-0.2, 0) is 6.42 Å². The molecule has 0 fully saturated rings. The van der Waals surface area contributed by atoms with Gasteiger partial charge in [-0.1, -0.05) is 0 Å². The van der Waals surface area contributed by atoms with E-state index >= 15 is 0 Å². The lowest BCUT2D eigenvalue weighted by atomic mass is 10.1. The molecule has 0 atom stereocenters. The van der Waals surface area contributed by atoms with Crippen molar-refractivity contribution in [1.29, 1.82) is 0 Å². The van der Waals surface area contributed by atoms with Gasteiger partial charge in [0.2, 0.25) is 0 Å². The van der Waals surface area contributed by atoms with E-state index in [1.54, 1.807) is 0 Å². The standard InChI is InChI=1S/C13H20BrNO2/c1-3-16-12-9-13(17-4-2)11(14)8-10(12)6-5-7-15/h8-9H,3-7,15H2,1-2H3. The molecule has 0 saturated carbocycles. The predicted molar refractivity (Wildman–Crippen MR) is 73.9 cm³/mol. The van der Waals surface area contributed by atoms with E-state index in [1.165, 1.54) is 5.56 Å². The molecule has 0 spiro atoms. The van der Waals surface area contributed by atoms with E-state index in [0.717, 1.165) is 28.8 Å². The van der Waals surface area contributed by atoms with Crippen LogP contribution < -0.4 is 15.2 Å². The summed E-state index contributed by atoms with van der Waals surface area (Å²) < 4.78 is 12.1. The van der Waals surface area contributed by atoms with Gasteiger partial charge in [-0.2, -0.15) is 0 Å². The second kappa shape index (κ2) is 7.56. The molecule has 1 rings (SSSR count). The highest BCUT2D eigenvalue weighted by Crippen LogP contribution is 2.33. The van der Waals surface area contributed by atoms with E-state index in [-0.39, 0.29) is 0 Å². The number of rotatable bonds is 7. The Labute approximate surface area is 111 Å². The molecule has 1 aromatic carbocycles. The van der Waals surface area contributed by atoms with Crippen LogP contribution in [0.25, 0.3) is 0 Å². The summed E-state index contributed by atoms with van der Waals surface area (Å²) in [5.41, 5.74) is 6.71. The summed E-state index contributed by atoms with van der Waals surface area (Å²) in [4.78, 5) is 0. The first-order valence-corrected chi connectivity index (χ1v) is 6.80. The molecular formula is C13H20BrNO2. The quantitative estimate of drug-likeness (QED) is 0.841. The second-order valence-electron chi connectivity index (χ2n) is 3.65. The highest BCUT2D eigenvalue weighted by molar-refractivity contribution is 9.10. The molecule has 0 aliphatic carbocycles. The number of hydrogen-bond donors (Lipinski definition) is 1. The summed E-state index contributed by atoms with van der Waals surface area (Å²) in [5.74, 6) is 1.72. The normalized spacial score (nSPS) is 10.4. The van der Waals surface area contributed by atoms with Crippen molar-refractivity contribution >= 4 is 15.9 Å². The van der Waals surface area contributed by atoms with Crippen molar-refractivity contribution < 1.29 is 9.47 Å². The van der Waals surface area contributed by atoms with Gasteiger partial charge in [-0.25, -0.2) is 0 Å². The highest BCUT2D eigenvalue weighted by Gasteiger charge is 2.10. The van der Waals surface area contributed by atoms with Crippen LogP contribution in [0.3, 0.4) is 0 Å². The van der Waals surface area contributed by atoms with Gasteiger partial charge in [0.15, 0.2) is 0 Å². The maximum atomic E-state index is 5.63. The lowest BCUT2D eigenvalue weighted by Gasteiger charge is -2.14. The van der Waals surface area contributed by atoms with Gasteiger partial charge in [-0.05, 0) is 60.8 Å². The summed E-state index contributed by atoms with van der Waals surface area (Å²) in [7, 11) is 0. The molecule has 4 heteroatoms. The molecule has 0 heterocycles. The molecule has 0 radical (unpaired) electrons. The molecule has 17 heavy (non-hydrogen) atoms. The topological polar surface area (TPSA) is 44.5 Å². The second-order valence-corrected chi connectivity index (χ2v) is 4.50. The fraction of sp³-hybridized carbons (Fsp3) is 0.538. The zero-order chi connectivity index (χ0) is 12.7. The maximum absolute atomic E-state index is 5.63. The largest absolute Gasteiger partial charge is 0.493 e. The van der Waals surface area contributed by atoms with Gasteiger partial charge in [0, 0.05) is 6.07 Å². The molecule has 2 N–H and O–H groups in total. The Morgan fingerprint density at radius 2 is 1.76 bits per heavy atom. The van der Waals surface area contributed by atoms with E-state index in [0.29, 0.717) is 19.8 Å². The average Bonchev–Trinajstić information content (AvgIpc) is 2.32. The van der Waals surface area contributed by atoms with Crippen LogP contribution in [0.5, 0.6) is 11.5 Å². The number of nitrogens with two attached hydrogens (primary N) is 1. The fourth-order valence-corrected chi connectivity index (χ4v) is 2.13. The maximum Gasteiger partial charge on any atom is 0.137 e. The van der Waals surface area contributed by atoms with E-state index in [1.807, 2.05) is 19.9 Å². The zero-order valence-corrected chi connectivity index (χ0v) is 12.0. The van der Waals surface area contributed by atoms with Crippen molar-refractivity contribution in [3.63, 3.8) is 0 Å². The smallest absolute Gasteiger partial charge is 0.137 e. The van der Waals surface area contributed by atoms with Crippen LogP contribution >= 0.6 is 15.9 Å². The first-order chi connectivity index (χ1) is 8.22. The zero-order valence-electron chi connectivity index (χ0n) is 10.5. The molecule has 0 bridgehead atoms. The molecule has 0 aromatic heterocycles. The van der Waals surface area contributed by atoms with Crippen molar-refractivity contribution in [2.24, 2.45) is 5.73 Å². The lowest BCUT2D eigenvalue weighted by molar-refractivity contribution is 0.319. The van der Waals surface area contributed by atoms with Crippen molar-refractivity contribution in [3.05, 3.63) is 22.2 Å². The summed E-state index contributed by atoms with van der Waals surface area (Å²) >= 11 is 3.51. The van der Waals surface area contributed by atoms with E-state index < -0.39 is 0 Å². The Kier molecular flexibility index (Phi) is 6.37. The Bertz CT molecular complexity index is 356. The van der Waals surface area contributed by atoms with Gasteiger partial charge < -0.3 is 15.2 Å². The summed E-state index contributed by atoms with van der Waals surface area (Å²) in [6.45, 7) is 5.94. The molecule has 3 nitrogen and oxygen atoms in total. The van der Waals surface area contributed by atoms with Crippen LogP contribution in [0, 0.1) is 0 Å². The average molecular weight is 302 g/mol. The molecular weight excluding hydrogens is 282 g/mol. The Morgan fingerprint density at radius 1 is 1.12 bits per heavy atom. The van der Waals surface area contributed by atoms with Crippen LogP contribution in [-0.4, -0.2) is 19.8 Å². The molecule has 0 saturated heterocycles. The third-order valence-electron chi connectivity index (χ3n) is 2.36. The van der Waals surface area contributed by atoms with Gasteiger partial charge in [0.25, 0.3) is 0 Å². The molecule has 0 aliphatic rings. The number of ether oxygens (including phenoxy) is 2. The van der Waals surface area contributed by atoms with Crippen LogP contribution in [0.4, 0.5) is 0 Å². The summed E-state index contributed by atoms with van der Waals surface area (Å²) in [6, 6.07) is 4.01. The molecule has 1 aromatic rings. The van der Waals surface area contributed by atoms with Gasteiger partial charge in [-0.3, -0.25) is 0 Å². The number of hydrogen-bond acceptors (Lipinski definition) is 3. The van der Waals surface area contributed by atoms with Crippen molar-refractivity contribution in [2.75, 3.05) is 19.8 Å².